The number of aromatic nitrogens is 4. The lowest BCUT2D eigenvalue weighted by Crippen LogP contribution is -2.16. The fourth-order valence-corrected chi connectivity index (χ4v) is 2.65. The molecule has 0 aromatic carbocycles. The van der Waals surface area contributed by atoms with E-state index in [4.69, 9.17) is 4.74 Å². The molecule has 0 aliphatic rings. The monoisotopic (exact) mass is 338 g/mol. The van der Waals surface area contributed by atoms with Crippen LogP contribution in [-0.2, 0) is 11.3 Å². The predicted octanol–water partition coefficient (Wildman–Crippen LogP) is 2.24. The Labute approximate surface area is 144 Å². The van der Waals surface area contributed by atoms with Crippen molar-refractivity contribution in [3.8, 4) is 5.82 Å². The first kappa shape index (κ1) is 16.6. The normalized spacial score (nSPS) is 10.7. The number of pyridine rings is 1. The zero-order valence-electron chi connectivity index (χ0n) is 14.2. The summed E-state index contributed by atoms with van der Waals surface area (Å²) in [5.74, 6) is 0.227. The van der Waals surface area contributed by atoms with Crippen LogP contribution in [0.5, 0.6) is 0 Å². The van der Waals surface area contributed by atoms with Crippen LogP contribution < -0.4 is 5.43 Å². The molecule has 128 valence electrons. The molecule has 25 heavy (non-hydrogen) atoms. The van der Waals surface area contributed by atoms with Crippen molar-refractivity contribution in [2.75, 3.05) is 0 Å². The van der Waals surface area contributed by atoms with Gasteiger partial charge in [0.2, 0.25) is 5.43 Å². The minimum absolute atomic E-state index is 0.164. The third-order valence-electron chi connectivity index (χ3n) is 3.87. The van der Waals surface area contributed by atoms with Crippen LogP contribution in [0.2, 0.25) is 0 Å². The molecule has 0 saturated heterocycles. The van der Waals surface area contributed by atoms with E-state index in [1.54, 1.807) is 19.2 Å². The second-order valence-electron chi connectivity index (χ2n) is 5.75. The van der Waals surface area contributed by atoms with Crippen LogP contribution in [-0.4, -0.2) is 25.7 Å². The highest BCUT2D eigenvalue weighted by atomic mass is 16.5. The molecule has 0 aliphatic carbocycles. The van der Waals surface area contributed by atoms with Crippen molar-refractivity contribution in [2.24, 2.45) is 0 Å². The number of nitrogens with one attached hydrogen (secondary N) is 1. The van der Waals surface area contributed by atoms with Crippen LogP contribution in [0, 0.1) is 20.8 Å². The summed E-state index contributed by atoms with van der Waals surface area (Å²) in [4.78, 5) is 28.5. The first-order chi connectivity index (χ1) is 12.0. The van der Waals surface area contributed by atoms with Gasteiger partial charge in [-0.1, -0.05) is 6.07 Å². The number of hydrogen-bond donors (Lipinski definition) is 1. The summed E-state index contributed by atoms with van der Waals surface area (Å²) in [5, 5.41) is 6.60. The van der Waals surface area contributed by atoms with Crippen molar-refractivity contribution in [1.29, 1.82) is 0 Å². The molecule has 0 atom stereocenters. The SMILES string of the molecule is Cc1cc(=O)c(COC(=O)c2cc(C)n(-c3ccccn3)c2C)n[nH]1. The van der Waals surface area contributed by atoms with Gasteiger partial charge < -0.3 is 9.30 Å². The molecule has 0 amide bonds. The molecular weight excluding hydrogens is 320 g/mol. The second kappa shape index (κ2) is 6.72. The Balaban J connectivity index is 1.82. The predicted molar refractivity (Wildman–Crippen MR) is 91.8 cm³/mol. The highest BCUT2D eigenvalue weighted by Crippen LogP contribution is 2.20. The highest BCUT2D eigenvalue weighted by molar-refractivity contribution is 5.91. The van der Waals surface area contributed by atoms with E-state index in [2.05, 4.69) is 15.2 Å². The van der Waals surface area contributed by atoms with E-state index in [1.807, 2.05) is 36.6 Å². The van der Waals surface area contributed by atoms with Crippen molar-refractivity contribution in [1.82, 2.24) is 19.7 Å². The van der Waals surface area contributed by atoms with E-state index in [9.17, 15) is 9.59 Å². The molecule has 0 aliphatic heterocycles. The zero-order chi connectivity index (χ0) is 18.0. The van der Waals surface area contributed by atoms with E-state index < -0.39 is 5.97 Å². The van der Waals surface area contributed by atoms with Crippen molar-refractivity contribution >= 4 is 5.97 Å². The quantitative estimate of drug-likeness (QED) is 0.737. The first-order valence-corrected chi connectivity index (χ1v) is 7.80. The van der Waals surface area contributed by atoms with Crippen LogP contribution in [0.1, 0.15) is 33.1 Å². The molecule has 7 heteroatoms. The summed E-state index contributed by atoms with van der Waals surface area (Å²) in [6, 6.07) is 8.75. The average Bonchev–Trinajstić information content (AvgIpc) is 2.89. The average molecular weight is 338 g/mol. The maximum absolute atomic E-state index is 12.4. The van der Waals surface area contributed by atoms with Crippen molar-refractivity contribution in [3.63, 3.8) is 0 Å². The van der Waals surface area contributed by atoms with Gasteiger partial charge in [0, 0.05) is 29.3 Å². The van der Waals surface area contributed by atoms with Crippen LogP contribution >= 0.6 is 0 Å². The molecule has 0 fully saturated rings. The van der Waals surface area contributed by atoms with E-state index in [1.165, 1.54) is 6.07 Å². The summed E-state index contributed by atoms with van der Waals surface area (Å²) < 4.78 is 7.15. The zero-order valence-corrected chi connectivity index (χ0v) is 14.2. The summed E-state index contributed by atoms with van der Waals surface area (Å²) in [7, 11) is 0. The maximum atomic E-state index is 12.4. The van der Waals surface area contributed by atoms with Gasteiger partial charge in [-0.25, -0.2) is 9.78 Å². The van der Waals surface area contributed by atoms with Gasteiger partial charge in [-0.15, -0.1) is 0 Å². The first-order valence-electron chi connectivity index (χ1n) is 7.80. The lowest BCUT2D eigenvalue weighted by molar-refractivity contribution is 0.0464. The summed E-state index contributed by atoms with van der Waals surface area (Å²) in [5.41, 5.74) is 2.59. The standard InChI is InChI=1S/C18H18N4O3/c1-11-8-16(23)15(21-20-11)10-25-18(24)14-9-12(2)22(13(14)3)17-6-4-5-7-19-17/h4-9H,10H2,1-3H3,(H,20,23). The van der Waals surface area contributed by atoms with Crippen molar-refractivity contribution < 1.29 is 9.53 Å². The van der Waals surface area contributed by atoms with Crippen LogP contribution in [0.15, 0.2) is 41.3 Å². The molecule has 0 saturated carbocycles. The minimum Gasteiger partial charge on any atom is -0.455 e. The molecule has 3 rings (SSSR count). The topological polar surface area (TPSA) is 89.9 Å². The third-order valence-corrected chi connectivity index (χ3v) is 3.87. The number of nitrogens with zero attached hydrogens (tertiary/aromatic N) is 3. The van der Waals surface area contributed by atoms with E-state index >= 15 is 0 Å². The van der Waals surface area contributed by atoms with E-state index in [0.29, 0.717) is 11.3 Å². The number of carbonyl (C=O) groups is 1. The summed E-state index contributed by atoms with van der Waals surface area (Å²) in [6.45, 7) is 5.28. The van der Waals surface area contributed by atoms with Crippen LogP contribution in [0.3, 0.4) is 0 Å². The summed E-state index contributed by atoms with van der Waals surface area (Å²) >= 11 is 0. The van der Waals surface area contributed by atoms with Gasteiger partial charge in [-0.3, -0.25) is 9.89 Å². The Morgan fingerprint density at radius 1 is 1.24 bits per heavy atom. The molecule has 3 aromatic rings. The Kier molecular flexibility index (Phi) is 4.47. The van der Waals surface area contributed by atoms with Gasteiger partial charge in [0.1, 0.15) is 18.1 Å². The number of H-pyrrole nitrogens is 1. The Morgan fingerprint density at radius 3 is 2.72 bits per heavy atom. The number of carbonyl (C=O) groups excluding carboxylic acids is 1. The van der Waals surface area contributed by atoms with Crippen LogP contribution in [0.25, 0.3) is 5.82 Å². The molecule has 0 bridgehead atoms. The molecule has 0 unspecified atom stereocenters. The molecule has 1 N–H and O–H groups in total. The third kappa shape index (κ3) is 3.35. The maximum Gasteiger partial charge on any atom is 0.340 e. The molecule has 3 aromatic heterocycles. The van der Waals surface area contributed by atoms with Crippen LogP contribution in [0.4, 0.5) is 0 Å². The lowest BCUT2D eigenvalue weighted by atomic mass is 10.2. The highest BCUT2D eigenvalue weighted by Gasteiger charge is 2.19. The number of aromatic amines is 1. The van der Waals surface area contributed by atoms with Gasteiger partial charge in [-0.2, -0.15) is 5.10 Å². The number of rotatable bonds is 4. The van der Waals surface area contributed by atoms with E-state index in [0.717, 1.165) is 17.2 Å². The lowest BCUT2D eigenvalue weighted by Gasteiger charge is -2.08. The molecular formula is C18H18N4O3. The second-order valence-corrected chi connectivity index (χ2v) is 5.75. The van der Waals surface area contributed by atoms with Gasteiger partial charge in [0.15, 0.2) is 0 Å². The van der Waals surface area contributed by atoms with Gasteiger partial charge in [0.05, 0.1) is 5.56 Å². The largest absolute Gasteiger partial charge is 0.455 e. The Hall–Kier alpha value is -3.22. The molecule has 7 nitrogen and oxygen atoms in total. The van der Waals surface area contributed by atoms with Gasteiger partial charge >= 0.3 is 5.97 Å². The molecule has 0 spiro atoms. The van der Waals surface area contributed by atoms with Crippen molar-refractivity contribution in [3.05, 3.63) is 75.1 Å². The molecule has 0 radical (unpaired) electrons. The Morgan fingerprint density at radius 2 is 2.04 bits per heavy atom. The van der Waals surface area contributed by atoms with Gasteiger partial charge in [0.25, 0.3) is 0 Å². The van der Waals surface area contributed by atoms with Gasteiger partial charge in [-0.05, 0) is 39.0 Å². The number of aryl methyl sites for hydroxylation is 2. The summed E-state index contributed by atoms with van der Waals surface area (Å²) in [6.07, 6.45) is 1.70. The fourth-order valence-electron chi connectivity index (χ4n) is 2.65. The fraction of sp³-hybridized carbons (Fsp3) is 0.222. The minimum atomic E-state index is -0.503. The van der Waals surface area contributed by atoms with Crippen molar-refractivity contribution in [2.45, 2.75) is 27.4 Å². The van der Waals surface area contributed by atoms with E-state index in [-0.39, 0.29) is 17.7 Å². The number of ether oxygens (including phenoxy) is 1. The Bertz CT molecular complexity index is 974. The smallest absolute Gasteiger partial charge is 0.340 e. The number of hydrogen-bond acceptors (Lipinski definition) is 5. The molecule has 3 heterocycles. The number of esters is 1.